The first-order valence-electron chi connectivity index (χ1n) is 8.66. The number of hydrogen-bond acceptors (Lipinski definition) is 1. The van der Waals surface area contributed by atoms with Gasteiger partial charge in [-0.2, -0.15) is 0 Å². The fourth-order valence-corrected chi connectivity index (χ4v) is 3.13. The lowest BCUT2D eigenvalue weighted by Gasteiger charge is -2.43. The van der Waals surface area contributed by atoms with Crippen LogP contribution in [-0.4, -0.2) is 41.2 Å². The lowest BCUT2D eigenvalue weighted by molar-refractivity contribution is -0.944. The van der Waals surface area contributed by atoms with Gasteiger partial charge in [-0.1, -0.05) is 47.0 Å². The van der Waals surface area contributed by atoms with Gasteiger partial charge in [-0.15, -0.1) is 0 Å². The predicted molar refractivity (Wildman–Crippen MR) is 85.9 cm³/mol. The van der Waals surface area contributed by atoms with Crippen molar-refractivity contribution in [2.24, 2.45) is 0 Å². The van der Waals surface area contributed by atoms with Crippen LogP contribution in [0.3, 0.4) is 0 Å². The molecule has 20 heavy (non-hydrogen) atoms. The second-order valence-corrected chi connectivity index (χ2v) is 6.09. The van der Waals surface area contributed by atoms with Crippen LogP contribution in [-0.2, 0) is 4.79 Å². The molecule has 0 amide bonds. The highest BCUT2D eigenvalue weighted by Crippen LogP contribution is 2.23. The Kier molecular flexibility index (Phi) is 10.8. The van der Waals surface area contributed by atoms with E-state index in [4.69, 9.17) is 0 Å². The van der Waals surface area contributed by atoms with E-state index in [1.807, 2.05) is 0 Å². The zero-order valence-electron chi connectivity index (χ0n) is 14.2. The number of nitrogens with zero attached hydrogens (tertiary/aromatic N) is 1. The molecule has 0 bridgehead atoms. The minimum atomic E-state index is -0.588. The Morgan fingerprint density at radius 3 is 1.50 bits per heavy atom. The molecule has 0 aromatic rings. The number of carboxylic acid groups (broad SMARTS) is 1. The molecule has 0 saturated heterocycles. The highest BCUT2D eigenvalue weighted by molar-refractivity contribution is 5.72. The standard InChI is InChI=1S/C17H35NO2/c1-5-9-13-18(14-10-6-2,15-11-7-3)16(12-8-4)17(19)20/h16H,5-15H2,1-4H3/p+1. The first-order valence-corrected chi connectivity index (χ1v) is 8.66. The Morgan fingerprint density at radius 1 is 0.850 bits per heavy atom. The fraction of sp³-hybridized carbons (Fsp3) is 0.941. The zero-order chi connectivity index (χ0) is 15.4. The molecule has 1 atom stereocenters. The van der Waals surface area contributed by atoms with Gasteiger partial charge in [0.2, 0.25) is 0 Å². The van der Waals surface area contributed by atoms with Gasteiger partial charge in [0.05, 0.1) is 19.6 Å². The molecule has 0 radical (unpaired) electrons. The van der Waals surface area contributed by atoms with Crippen LogP contribution in [0.4, 0.5) is 0 Å². The van der Waals surface area contributed by atoms with Crippen molar-refractivity contribution < 1.29 is 14.4 Å². The molecule has 1 unspecified atom stereocenters. The first kappa shape index (κ1) is 19.4. The molecule has 3 nitrogen and oxygen atoms in total. The Labute approximate surface area is 126 Å². The molecule has 0 spiro atoms. The van der Waals surface area contributed by atoms with Gasteiger partial charge in [-0.3, -0.25) is 0 Å². The molecule has 0 aromatic heterocycles. The molecule has 3 heteroatoms. The summed E-state index contributed by atoms with van der Waals surface area (Å²) in [6, 6.07) is -0.204. The van der Waals surface area contributed by atoms with Crippen molar-refractivity contribution in [1.82, 2.24) is 0 Å². The van der Waals surface area contributed by atoms with E-state index in [0.717, 1.165) is 75.5 Å². The maximum atomic E-state index is 11.8. The lowest BCUT2D eigenvalue weighted by atomic mass is 10.0. The maximum absolute atomic E-state index is 11.8. The largest absolute Gasteiger partial charge is 0.477 e. The minimum absolute atomic E-state index is 0.204. The van der Waals surface area contributed by atoms with E-state index in [-0.39, 0.29) is 6.04 Å². The summed E-state index contributed by atoms with van der Waals surface area (Å²) in [5, 5.41) is 9.72. The molecule has 0 aliphatic heterocycles. The van der Waals surface area contributed by atoms with Crippen molar-refractivity contribution in [3.8, 4) is 0 Å². The van der Waals surface area contributed by atoms with Crippen molar-refractivity contribution in [3.63, 3.8) is 0 Å². The Morgan fingerprint density at radius 2 is 1.25 bits per heavy atom. The van der Waals surface area contributed by atoms with Crippen LogP contribution >= 0.6 is 0 Å². The van der Waals surface area contributed by atoms with Crippen molar-refractivity contribution >= 4 is 5.97 Å². The van der Waals surface area contributed by atoms with Crippen LogP contribution in [0.1, 0.15) is 79.1 Å². The van der Waals surface area contributed by atoms with Gasteiger partial charge in [-0.25, -0.2) is 4.79 Å². The minimum Gasteiger partial charge on any atom is -0.477 e. The average molecular weight is 286 g/mol. The number of quaternary nitrogens is 1. The van der Waals surface area contributed by atoms with Gasteiger partial charge in [0.15, 0.2) is 6.04 Å². The highest BCUT2D eigenvalue weighted by atomic mass is 16.4. The number of aliphatic carboxylic acids is 1. The summed E-state index contributed by atoms with van der Waals surface area (Å²) in [6.45, 7) is 11.8. The molecule has 120 valence electrons. The third kappa shape index (κ3) is 6.25. The molecule has 0 heterocycles. The topological polar surface area (TPSA) is 37.3 Å². The van der Waals surface area contributed by atoms with Crippen molar-refractivity contribution in [3.05, 3.63) is 0 Å². The normalized spacial score (nSPS) is 13.4. The van der Waals surface area contributed by atoms with E-state index in [1.54, 1.807) is 0 Å². The summed E-state index contributed by atoms with van der Waals surface area (Å²) in [4.78, 5) is 11.8. The summed E-state index contributed by atoms with van der Waals surface area (Å²) in [7, 11) is 0. The van der Waals surface area contributed by atoms with Gasteiger partial charge in [0, 0.05) is 6.42 Å². The molecule has 0 rings (SSSR count). The van der Waals surface area contributed by atoms with Crippen LogP contribution in [0.2, 0.25) is 0 Å². The monoisotopic (exact) mass is 286 g/mol. The summed E-state index contributed by atoms with van der Waals surface area (Å²) in [5.41, 5.74) is 0. The third-order valence-electron chi connectivity index (χ3n) is 4.38. The van der Waals surface area contributed by atoms with Crippen LogP contribution in [0.25, 0.3) is 0 Å². The lowest BCUT2D eigenvalue weighted by Crippen LogP contribution is -2.60. The van der Waals surface area contributed by atoms with Gasteiger partial charge in [0.25, 0.3) is 0 Å². The van der Waals surface area contributed by atoms with Crippen LogP contribution < -0.4 is 0 Å². The van der Waals surface area contributed by atoms with E-state index < -0.39 is 5.97 Å². The second kappa shape index (κ2) is 11.1. The van der Waals surface area contributed by atoms with Gasteiger partial charge in [-0.05, 0) is 25.7 Å². The van der Waals surface area contributed by atoms with Gasteiger partial charge < -0.3 is 9.59 Å². The summed E-state index contributed by atoms with van der Waals surface area (Å²) < 4.78 is 0.818. The average Bonchev–Trinajstić information content (AvgIpc) is 2.44. The fourth-order valence-electron chi connectivity index (χ4n) is 3.13. The molecule has 0 saturated carbocycles. The van der Waals surface area contributed by atoms with E-state index >= 15 is 0 Å². The maximum Gasteiger partial charge on any atom is 0.362 e. The summed E-state index contributed by atoms with van der Waals surface area (Å²) in [6.07, 6.45) is 8.64. The molecule has 0 aromatic carbocycles. The summed E-state index contributed by atoms with van der Waals surface area (Å²) in [5.74, 6) is -0.588. The predicted octanol–water partition coefficient (Wildman–Crippen LogP) is 4.46. The smallest absolute Gasteiger partial charge is 0.362 e. The molecule has 1 N–H and O–H groups in total. The number of hydrogen-bond donors (Lipinski definition) is 1. The quantitative estimate of drug-likeness (QED) is 0.508. The number of carbonyl (C=O) groups is 1. The second-order valence-electron chi connectivity index (χ2n) is 6.09. The van der Waals surface area contributed by atoms with Crippen molar-refractivity contribution in [1.29, 1.82) is 0 Å². The molecular weight excluding hydrogens is 250 g/mol. The van der Waals surface area contributed by atoms with E-state index in [9.17, 15) is 9.90 Å². The molecular formula is C17H36NO2+. The molecule has 0 fully saturated rings. The Bertz CT molecular complexity index is 232. The van der Waals surface area contributed by atoms with E-state index in [2.05, 4.69) is 27.7 Å². The summed E-state index contributed by atoms with van der Waals surface area (Å²) >= 11 is 0. The molecule has 0 aliphatic carbocycles. The first-order chi connectivity index (χ1) is 9.57. The van der Waals surface area contributed by atoms with Crippen LogP contribution in [0, 0.1) is 0 Å². The van der Waals surface area contributed by atoms with Crippen LogP contribution in [0.5, 0.6) is 0 Å². The number of rotatable bonds is 13. The van der Waals surface area contributed by atoms with Crippen LogP contribution in [0.15, 0.2) is 0 Å². The van der Waals surface area contributed by atoms with E-state index in [1.165, 1.54) is 0 Å². The Hall–Kier alpha value is -0.570. The zero-order valence-corrected chi connectivity index (χ0v) is 14.2. The Balaban J connectivity index is 5.20. The highest BCUT2D eigenvalue weighted by Gasteiger charge is 2.39. The number of unbranched alkanes of at least 4 members (excludes halogenated alkanes) is 3. The SMILES string of the molecule is CCCC[N+](CCCC)(CCCC)C(CCC)C(=O)O. The van der Waals surface area contributed by atoms with Gasteiger partial charge >= 0.3 is 5.97 Å². The number of carboxylic acids is 1. The molecule has 0 aliphatic rings. The third-order valence-corrected chi connectivity index (χ3v) is 4.38. The van der Waals surface area contributed by atoms with Gasteiger partial charge in [0.1, 0.15) is 0 Å². The van der Waals surface area contributed by atoms with Crippen molar-refractivity contribution in [2.45, 2.75) is 85.1 Å². The van der Waals surface area contributed by atoms with E-state index in [0.29, 0.717) is 0 Å². The van der Waals surface area contributed by atoms with Crippen molar-refractivity contribution in [2.75, 3.05) is 19.6 Å².